The van der Waals surface area contributed by atoms with Crippen LogP contribution in [0.15, 0.2) is 22.7 Å². The van der Waals surface area contributed by atoms with Crippen LogP contribution >= 0.6 is 15.9 Å². The van der Waals surface area contributed by atoms with Gasteiger partial charge in [-0.25, -0.2) is 0 Å². The zero-order valence-corrected chi connectivity index (χ0v) is 12.6. The Labute approximate surface area is 118 Å². The molecule has 100 valence electrons. The van der Waals surface area contributed by atoms with Gasteiger partial charge in [0.1, 0.15) is 5.75 Å². The third-order valence-electron chi connectivity index (χ3n) is 3.85. The van der Waals surface area contributed by atoms with Gasteiger partial charge < -0.3 is 10.5 Å². The van der Waals surface area contributed by atoms with Crippen LogP contribution < -0.4 is 10.5 Å². The van der Waals surface area contributed by atoms with E-state index in [1.807, 2.05) is 12.1 Å². The van der Waals surface area contributed by atoms with Crippen molar-refractivity contribution in [3.8, 4) is 5.75 Å². The average molecular weight is 312 g/mol. The van der Waals surface area contributed by atoms with Crippen LogP contribution in [0.1, 0.15) is 44.6 Å². The highest BCUT2D eigenvalue weighted by Gasteiger charge is 2.22. The van der Waals surface area contributed by atoms with Crippen molar-refractivity contribution < 1.29 is 4.74 Å². The molecule has 0 heterocycles. The van der Waals surface area contributed by atoms with Crippen molar-refractivity contribution in [2.75, 3.05) is 0 Å². The van der Waals surface area contributed by atoms with E-state index in [2.05, 4.69) is 28.9 Å². The summed E-state index contributed by atoms with van der Waals surface area (Å²) in [5, 5.41) is 0. The van der Waals surface area contributed by atoms with Gasteiger partial charge in [-0.1, -0.05) is 35.7 Å². The summed E-state index contributed by atoms with van der Waals surface area (Å²) in [5.74, 6) is 1.80. The lowest BCUT2D eigenvalue weighted by Gasteiger charge is -2.29. The van der Waals surface area contributed by atoms with Gasteiger partial charge >= 0.3 is 0 Å². The molecule has 3 heteroatoms. The summed E-state index contributed by atoms with van der Waals surface area (Å²) in [6.45, 7) is 2.82. The summed E-state index contributed by atoms with van der Waals surface area (Å²) in [4.78, 5) is 0. The lowest BCUT2D eigenvalue weighted by Crippen LogP contribution is -2.25. The first-order chi connectivity index (χ1) is 8.72. The average Bonchev–Trinajstić information content (AvgIpc) is 2.41. The fourth-order valence-corrected chi connectivity index (χ4v) is 3.10. The van der Waals surface area contributed by atoms with Crippen molar-refractivity contribution in [3.63, 3.8) is 0 Å². The Morgan fingerprint density at radius 2 is 2.22 bits per heavy atom. The topological polar surface area (TPSA) is 35.2 Å². The smallest absolute Gasteiger partial charge is 0.120 e. The van der Waals surface area contributed by atoms with Crippen LogP contribution in [0.4, 0.5) is 0 Å². The molecule has 2 unspecified atom stereocenters. The monoisotopic (exact) mass is 311 g/mol. The molecule has 0 saturated heterocycles. The number of hydrogen-bond acceptors (Lipinski definition) is 2. The van der Waals surface area contributed by atoms with Gasteiger partial charge in [-0.15, -0.1) is 0 Å². The second-order valence-electron chi connectivity index (χ2n) is 5.14. The predicted molar refractivity (Wildman–Crippen MR) is 78.7 cm³/mol. The van der Waals surface area contributed by atoms with E-state index in [0.717, 1.165) is 21.7 Å². The van der Waals surface area contributed by atoms with Gasteiger partial charge in [-0.3, -0.25) is 0 Å². The van der Waals surface area contributed by atoms with Gasteiger partial charge in [0.2, 0.25) is 0 Å². The molecule has 0 radical (unpaired) electrons. The Balaban J connectivity index is 2.00. The van der Waals surface area contributed by atoms with E-state index in [1.165, 1.54) is 32.1 Å². The molecule has 1 aliphatic carbocycles. The van der Waals surface area contributed by atoms with E-state index in [0.29, 0.717) is 12.6 Å². The minimum Gasteiger partial charge on any atom is -0.490 e. The van der Waals surface area contributed by atoms with Gasteiger partial charge in [0.25, 0.3) is 0 Å². The fourth-order valence-electron chi connectivity index (χ4n) is 2.69. The summed E-state index contributed by atoms with van der Waals surface area (Å²) in [7, 11) is 0. The van der Waals surface area contributed by atoms with Crippen molar-refractivity contribution in [2.24, 2.45) is 11.7 Å². The first-order valence-corrected chi connectivity index (χ1v) is 7.67. The first-order valence-electron chi connectivity index (χ1n) is 6.88. The number of hydrogen-bond donors (Lipinski definition) is 1. The second-order valence-corrected chi connectivity index (χ2v) is 5.99. The second kappa shape index (κ2) is 6.58. The molecule has 1 aromatic rings. The number of benzene rings is 1. The summed E-state index contributed by atoms with van der Waals surface area (Å²) in [6, 6.07) is 6.11. The van der Waals surface area contributed by atoms with E-state index in [4.69, 9.17) is 10.5 Å². The molecule has 2 atom stereocenters. The summed E-state index contributed by atoms with van der Waals surface area (Å²) in [5.41, 5.74) is 6.82. The van der Waals surface area contributed by atoms with Crippen LogP contribution in [0.25, 0.3) is 0 Å². The first kappa shape index (κ1) is 13.9. The molecule has 0 aromatic heterocycles. The molecule has 2 rings (SSSR count). The van der Waals surface area contributed by atoms with Crippen LogP contribution in [0.3, 0.4) is 0 Å². The SMILES string of the molecule is CCC1CCCC(Oc2ccc(Br)c(CN)c2)C1. The highest BCUT2D eigenvalue weighted by atomic mass is 79.9. The van der Waals surface area contributed by atoms with Gasteiger partial charge in [-0.2, -0.15) is 0 Å². The van der Waals surface area contributed by atoms with Crippen molar-refractivity contribution in [3.05, 3.63) is 28.2 Å². The van der Waals surface area contributed by atoms with Crippen LogP contribution in [0.5, 0.6) is 5.75 Å². The molecule has 1 fully saturated rings. The third-order valence-corrected chi connectivity index (χ3v) is 4.63. The highest BCUT2D eigenvalue weighted by Crippen LogP contribution is 2.30. The van der Waals surface area contributed by atoms with Crippen LogP contribution in [0.2, 0.25) is 0 Å². The maximum Gasteiger partial charge on any atom is 0.120 e. The normalized spacial score (nSPS) is 23.9. The quantitative estimate of drug-likeness (QED) is 0.902. The molecule has 18 heavy (non-hydrogen) atoms. The molecule has 0 bridgehead atoms. The van der Waals surface area contributed by atoms with E-state index in [1.54, 1.807) is 0 Å². The maximum absolute atomic E-state index is 6.11. The maximum atomic E-state index is 6.11. The van der Waals surface area contributed by atoms with Crippen molar-refractivity contribution in [1.82, 2.24) is 0 Å². The van der Waals surface area contributed by atoms with E-state index >= 15 is 0 Å². The third kappa shape index (κ3) is 3.48. The lowest BCUT2D eigenvalue weighted by atomic mass is 9.85. The zero-order valence-electron chi connectivity index (χ0n) is 11.0. The molecule has 0 spiro atoms. The Morgan fingerprint density at radius 1 is 1.39 bits per heavy atom. The fraction of sp³-hybridized carbons (Fsp3) is 0.600. The molecule has 2 nitrogen and oxygen atoms in total. The minimum absolute atomic E-state index is 0.385. The molecule has 0 amide bonds. The van der Waals surface area contributed by atoms with Gasteiger partial charge in [0.05, 0.1) is 6.10 Å². The van der Waals surface area contributed by atoms with Crippen LogP contribution in [-0.4, -0.2) is 6.10 Å². The molecule has 0 aliphatic heterocycles. The lowest BCUT2D eigenvalue weighted by molar-refractivity contribution is 0.122. The van der Waals surface area contributed by atoms with E-state index in [9.17, 15) is 0 Å². The molecular weight excluding hydrogens is 290 g/mol. The van der Waals surface area contributed by atoms with Crippen molar-refractivity contribution in [2.45, 2.75) is 51.7 Å². The van der Waals surface area contributed by atoms with Crippen molar-refractivity contribution in [1.29, 1.82) is 0 Å². The molecule has 1 aromatic carbocycles. The number of ether oxygens (including phenoxy) is 1. The Hall–Kier alpha value is -0.540. The molecule has 1 saturated carbocycles. The van der Waals surface area contributed by atoms with Crippen LogP contribution in [0, 0.1) is 5.92 Å². The van der Waals surface area contributed by atoms with Crippen LogP contribution in [-0.2, 0) is 6.54 Å². The highest BCUT2D eigenvalue weighted by molar-refractivity contribution is 9.10. The number of nitrogens with two attached hydrogens (primary N) is 1. The molecule has 2 N–H and O–H groups in total. The van der Waals surface area contributed by atoms with E-state index in [-0.39, 0.29) is 0 Å². The zero-order chi connectivity index (χ0) is 13.0. The summed E-state index contributed by atoms with van der Waals surface area (Å²) in [6.07, 6.45) is 6.70. The predicted octanol–water partition coefficient (Wildman–Crippen LogP) is 4.26. The number of halogens is 1. The Kier molecular flexibility index (Phi) is 5.07. The minimum atomic E-state index is 0.385. The van der Waals surface area contributed by atoms with Crippen molar-refractivity contribution >= 4 is 15.9 Å². The number of rotatable bonds is 4. The largest absolute Gasteiger partial charge is 0.490 e. The molecular formula is C15H22BrNO. The Bertz CT molecular complexity index is 394. The van der Waals surface area contributed by atoms with Gasteiger partial charge in [0.15, 0.2) is 0 Å². The molecule has 1 aliphatic rings. The Morgan fingerprint density at radius 3 is 2.94 bits per heavy atom. The standard InChI is InChI=1S/C15H22BrNO/c1-2-11-4-3-5-13(8-11)18-14-6-7-15(16)12(9-14)10-17/h6-7,9,11,13H,2-5,8,10,17H2,1H3. The van der Waals surface area contributed by atoms with Gasteiger partial charge in [0, 0.05) is 11.0 Å². The van der Waals surface area contributed by atoms with E-state index < -0.39 is 0 Å². The van der Waals surface area contributed by atoms with Gasteiger partial charge in [-0.05, 0) is 48.9 Å². The summed E-state index contributed by atoms with van der Waals surface area (Å²) >= 11 is 3.50. The summed E-state index contributed by atoms with van der Waals surface area (Å²) < 4.78 is 7.17.